The summed E-state index contributed by atoms with van der Waals surface area (Å²) < 4.78 is 19.5. The van der Waals surface area contributed by atoms with Crippen LogP contribution in [0.5, 0.6) is 5.75 Å². The number of ether oxygens (including phenoxy) is 1. The van der Waals surface area contributed by atoms with E-state index in [9.17, 15) is 9.50 Å². The highest BCUT2D eigenvalue weighted by molar-refractivity contribution is 6.32. The van der Waals surface area contributed by atoms with E-state index < -0.39 is 0 Å². The Morgan fingerprint density at radius 2 is 1.79 bits per heavy atom. The second-order valence-corrected chi connectivity index (χ2v) is 11.4. The Labute approximate surface area is 228 Å². The van der Waals surface area contributed by atoms with Gasteiger partial charge in [-0.05, 0) is 110 Å². The third kappa shape index (κ3) is 6.08. The summed E-state index contributed by atoms with van der Waals surface area (Å²) in [6, 6.07) is 16.8. The van der Waals surface area contributed by atoms with E-state index in [0.717, 1.165) is 73.2 Å². The first-order valence-electron chi connectivity index (χ1n) is 13.9. The van der Waals surface area contributed by atoms with Crippen molar-refractivity contribution in [1.29, 1.82) is 0 Å². The number of fused-ring (bicyclic) bond motifs is 1. The van der Waals surface area contributed by atoms with Gasteiger partial charge in [0.25, 0.3) is 0 Å². The van der Waals surface area contributed by atoms with Crippen molar-refractivity contribution in [2.24, 2.45) is 10.9 Å². The minimum absolute atomic E-state index is 0.000610. The highest BCUT2D eigenvalue weighted by atomic mass is 35.5. The van der Waals surface area contributed by atoms with Gasteiger partial charge in [0.15, 0.2) is 0 Å². The molecule has 7 heteroatoms. The topological polar surface area (TPSA) is 51.1 Å². The molecule has 3 aromatic rings. The number of nitrogens with zero attached hydrogens (tertiary/aromatic N) is 3. The van der Waals surface area contributed by atoms with E-state index in [1.807, 2.05) is 30.3 Å². The Balaban J connectivity index is 1.15. The third-order valence-electron chi connectivity index (χ3n) is 7.95. The zero-order valence-corrected chi connectivity index (χ0v) is 22.4. The molecule has 38 heavy (non-hydrogen) atoms. The second kappa shape index (κ2) is 11.1. The van der Waals surface area contributed by atoms with Crippen molar-refractivity contribution in [3.8, 4) is 5.75 Å². The molecule has 0 amide bonds. The van der Waals surface area contributed by atoms with Gasteiger partial charge in [0.1, 0.15) is 11.6 Å². The second-order valence-electron chi connectivity index (χ2n) is 11.0. The van der Waals surface area contributed by atoms with E-state index in [4.69, 9.17) is 21.3 Å². The maximum absolute atomic E-state index is 13.6. The lowest BCUT2D eigenvalue weighted by Crippen LogP contribution is -2.36. The summed E-state index contributed by atoms with van der Waals surface area (Å²) >= 11 is 6.53. The fraction of sp³-hybridized carbons (Fsp3) is 0.452. The number of hydrogen-bond donors (Lipinski definition) is 0. The molecule has 3 fully saturated rings. The van der Waals surface area contributed by atoms with E-state index in [-0.39, 0.29) is 23.7 Å². The number of likely N-dealkylation sites (tertiary alicyclic amines) is 1. The smallest absolute Gasteiger partial charge is 0.138 e. The van der Waals surface area contributed by atoms with E-state index in [1.54, 1.807) is 6.07 Å². The van der Waals surface area contributed by atoms with Crippen LogP contribution in [-0.2, 0) is 6.42 Å². The van der Waals surface area contributed by atoms with Crippen molar-refractivity contribution in [2.45, 2.75) is 50.7 Å². The van der Waals surface area contributed by atoms with Crippen molar-refractivity contribution in [3.05, 3.63) is 71.0 Å². The largest absolute Gasteiger partial charge is 0.862 e. The van der Waals surface area contributed by atoms with Gasteiger partial charge in [0.05, 0.1) is 17.2 Å². The summed E-state index contributed by atoms with van der Waals surface area (Å²) in [5, 5.41) is 15.9. The fourth-order valence-corrected chi connectivity index (χ4v) is 5.95. The monoisotopic (exact) mass is 534 g/mol. The molecule has 0 aromatic heterocycles. The predicted octanol–water partition coefficient (Wildman–Crippen LogP) is 5.47. The van der Waals surface area contributed by atoms with Gasteiger partial charge >= 0.3 is 0 Å². The molecule has 2 heterocycles. The lowest BCUT2D eigenvalue weighted by molar-refractivity contribution is -0.223. The Kier molecular flexibility index (Phi) is 7.44. The fourth-order valence-electron chi connectivity index (χ4n) is 5.70. The average molecular weight is 535 g/mol. The molecule has 5 nitrogen and oxygen atoms in total. The summed E-state index contributed by atoms with van der Waals surface area (Å²) in [7, 11) is 0. The molecule has 0 bridgehead atoms. The van der Waals surface area contributed by atoms with Crippen molar-refractivity contribution in [2.75, 3.05) is 37.6 Å². The minimum Gasteiger partial charge on any atom is -0.862 e. The summed E-state index contributed by atoms with van der Waals surface area (Å²) in [6.07, 6.45) is 6.37. The first-order chi connectivity index (χ1) is 18.5. The highest BCUT2D eigenvalue weighted by Gasteiger charge is 2.26. The number of rotatable bonds is 9. The van der Waals surface area contributed by atoms with Crippen LogP contribution in [0.2, 0.25) is 5.02 Å². The summed E-state index contributed by atoms with van der Waals surface area (Å²) in [5.74, 6) is 0.399. The van der Waals surface area contributed by atoms with Gasteiger partial charge in [-0.15, -0.1) is 0 Å². The molecule has 0 N–H and O–H groups in total. The molecule has 2 atom stereocenters. The van der Waals surface area contributed by atoms with Crippen LogP contribution in [0, 0.1) is 11.7 Å². The Hall–Kier alpha value is -2.83. The van der Waals surface area contributed by atoms with E-state index >= 15 is 0 Å². The molecule has 1 aliphatic carbocycles. The van der Waals surface area contributed by atoms with Crippen LogP contribution >= 0.6 is 11.6 Å². The van der Waals surface area contributed by atoms with Crippen LogP contribution in [0.15, 0.2) is 59.6 Å². The molecule has 200 valence electrons. The van der Waals surface area contributed by atoms with E-state index in [0.29, 0.717) is 24.1 Å². The number of halogens is 2. The Bertz CT molecular complexity index is 1320. The van der Waals surface area contributed by atoms with Crippen LogP contribution in [0.4, 0.5) is 10.1 Å². The van der Waals surface area contributed by atoms with Gasteiger partial charge in [0, 0.05) is 31.2 Å². The maximum Gasteiger partial charge on any atom is 0.138 e. The quantitative estimate of drug-likeness (QED) is 0.270. The molecule has 2 saturated heterocycles. The molecular formula is C31H34ClFN3O2-. The number of aliphatic imine (C=N–C) groups is 1. The standard InChI is InChI=1S/C31H35ClFN3O2/c32-29-16-21(3-10-30(29)38-28-8-9-28)15-26(20-35-12-1-2-13-35)34-31(37)24-11-14-36(19-24)27-7-5-22-17-25(33)6-4-23(22)18-27/h3-7,10,16-18,24,26,28H,1-2,8-9,11-15,19-20H2,(H,34,37)/p-1/t24-,26?/m1/s1. The van der Waals surface area contributed by atoms with Gasteiger partial charge in [-0.2, -0.15) is 0 Å². The molecular weight excluding hydrogens is 501 g/mol. The summed E-state index contributed by atoms with van der Waals surface area (Å²) in [5.41, 5.74) is 2.15. The van der Waals surface area contributed by atoms with Crippen molar-refractivity contribution in [3.63, 3.8) is 0 Å². The lowest BCUT2D eigenvalue weighted by atomic mass is 10.0. The zero-order valence-electron chi connectivity index (χ0n) is 21.6. The van der Waals surface area contributed by atoms with Crippen molar-refractivity contribution in [1.82, 2.24) is 4.90 Å². The van der Waals surface area contributed by atoms with Crippen molar-refractivity contribution < 1.29 is 14.2 Å². The molecule has 2 aliphatic heterocycles. The zero-order chi connectivity index (χ0) is 26.1. The van der Waals surface area contributed by atoms with Crippen LogP contribution in [0.25, 0.3) is 10.8 Å². The van der Waals surface area contributed by atoms with Crippen LogP contribution in [0.3, 0.4) is 0 Å². The molecule has 1 unspecified atom stereocenters. The Morgan fingerprint density at radius 3 is 2.58 bits per heavy atom. The first-order valence-corrected chi connectivity index (χ1v) is 14.2. The van der Waals surface area contributed by atoms with Crippen LogP contribution < -0.4 is 14.7 Å². The van der Waals surface area contributed by atoms with Crippen molar-refractivity contribution >= 4 is 34.0 Å². The van der Waals surface area contributed by atoms with Gasteiger partial charge in [-0.3, -0.25) is 0 Å². The number of benzene rings is 3. The third-order valence-corrected chi connectivity index (χ3v) is 8.25. The summed E-state index contributed by atoms with van der Waals surface area (Å²) in [6.45, 7) is 4.40. The number of anilines is 1. The van der Waals surface area contributed by atoms with E-state index in [1.165, 1.54) is 18.9 Å². The average Bonchev–Trinajstić information content (AvgIpc) is 3.34. The lowest BCUT2D eigenvalue weighted by Gasteiger charge is -2.26. The SMILES string of the molecule is [O-]C(=NC(Cc1ccc(OC2CC2)c(Cl)c1)CN1CCCC1)[C@@H]1CCN(c2ccc3cc(F)ccc3c2)C1. The highest BCUT2D eigenvalue weighted by Crippen LogP contribution is 2.33. The maximum atomic E-state index is 13.6. The molecule has 0 spiro atoms. The normalized spacial score (nSPS) is 21.4. The van der Waals surface area contributed by atoms with E-state index in [2.05, 4.69) is 21.9 Å². The molecule has 0 radical (unpaired) electrons. The van der Waals surface area contributed by atoms with Crippen LogP contribution in [0.1, 0.15) is 37.7 Å². The molecule has 3 aliphatic rings. The summed E-state index contributed by atoms with van der Waals surface area (Å²) in [4.78, 5) is 9.46. The van der Waals surface area contributed by atoms with Gasteiger partial charge < -0.3 is 24.6 Å². The Morgan fingerprint density at radius 1 is 1.00 bits per heavy atom. The van der Waals surface area contributed by atoms with Crippen LogP contribution in [-0.4, -0.2) is 55.7 Å². The van der Waals surface area contributed by atoms with Gasteiger partial charge in [-0.25, -0.2) is 4.39 Å². The predicted molar refractivity (Wildman–Crippen MR) is 150 cm³/mol. The molecule has 3 aromatic carbocycles. The van der Waals surface area contributed by atoms with Gasteiger partial charge in [0.2, 0.25) is 0 Å². The minimum atomic E-state index is -0.230. The molecule has 1 saturated carbocycles. The first kappa shape index (κ1) is 25.4. The number of hydrogen-bond acceptors (Lipinski definition) is 5. The van der Waals surface area contributed by atoms with Gasteiger partial charge in [-0.1, -0.05) is 29.8 Å². The molecule has 6 rings (SSSR count).